The average Bonchev–Trinajstić information content (AvgIpc) is 2.76. The summed E-state index contributed by atoms with van der Waals surface area (Å²) >= 11 is 0. The molecule has 0 bridgehead atoms. The second kappa shape index (κ2) is 10.4. The molecular weight excluding hydrogens is 412 g/mol. The highest BCUT2D eigenvalue weighted by Gasteiger charge is 2.34. The van der Waals surface area contributed by atoms with Crippen molar-refractivity contribution >= 4 is 15.9 Å². The van der Waals surface area contributed by atoms with Crippen molar-refractivity contribution < 1.29 is 17.9 Å². The van der Waals surface area contributed by atoms with Gasteiger partial charge in [-0.1, -0.05) is 48.0 Å². The summed E-state index contributed by atoms with van der Waals surface area (Å²) in [4.78, 5) is 15.4. The number of sulfonamides is 1. The first-order valence-corrected chi connectivity index (χ1v) is 12.2. The minimum atomic E-state index is -3.55. The highest BCUT2D eigenvalue weighted by atomic mass is 32.2. The summed E-state index contributed by atoms with van der Waals surface area (Å²) in [6, 6.07) is 15.3. The Morgan fingerprint density at radius 3 is 2.39 bits per heavy atom. The molecule has 1 heterocycles. The van der Waals surface area contributed by atoms with Crippen molar-refractivity contribution in [3.8, 4) is 0 Å². The average molecular weight is 445 g/mol. The van der Waals surface area contributed by atoms with Gasteiger partial charge in [0, 0.05) is 39.2 Å². The smallest absolute Gasteiger partial charge is 0.243 e. The molecule has 0 unspecified atom stereocenters. The Hall–Kier alpha value is -2.22. The van der Waals surface area contributed by atoms with E-state index in [1.54, 1.807) is 13.2 Å². The molecule has 1 aliphatic rings. The molecule has 0 atom stereocenters. The van der Waals surface area contributed by atoms with Crippen molar-refractivity contribution in [3.63, 3.8) is 0 Å². The molecular formula is C24H32N2O4S. The Morgan fingerprint density at radius 2 is 1.77 bits per heavy atom. The van der Waals surface area contributed by atoms with Crippen LogP contribution in [0.3, 0.4) is 0 Å². The van der Waals surface area contributed by atoms with Crippen molar-refractivity contribution in [2.75, 3.05) is 33.4 Å². The largest absolute Gasteiger partial charge is 0.383 e. The monoisotopic (exact) mass is 444 g/mol. The van der Waals surface area contributed by atoms with Crippen molar-refractivity contribution in [1.29, 1.82) is 0 Å². The lowest BCUT2D eigenvalue weighted by Gasteiger charge is -2.34. The van der Waals surface area contributed by atoms with E-state index in [4.69, 9.17) is 4.74 Å². The van der Waals surface area contributed by atoms with Gasteiger partial charge in [0.25, 0.3) is 0 Å². The van der Waals surface area contributed by atoms with Gasteiger partial charge in [-0.3, -0.25) is 4.79 Å². The number of amides is 1. The number of hydrogen-bond donors (Lipinski definition) is 0. The number of rotatable bonds is 8. The van der Waals surface area contributed by atoms with Gasteiger partial charge in [-0.05, 0) is 43.9 Å². The number of nitrogens with zero attached hydrogens (tertiary/aromatic N) is 2. The Kier molecular flexibility index (Phi) is 7.86. The Balaban J connectivity index is 1.67. The van der Waals surface area contributed by atoms with Crippen LogP contribution >= 0.6 is 0 Å². The first-order valence-electron chi connectivity index (χ1n) is 10.7. The van der Waals surface area contributed by atoms with E-state index < -0.39 is 10.0 Å². The first-order chi connectivity index (χ1) is 14.8. The predicted molar refractivity (Wildman–Crippen MR) is 121 cm³/mol. The highest BCUT2D eigenvalue weighted by Crippen LogP contribution is 2.27. The lowest BCUT2D eigenvalue weighted by molar-refractivity contribution is -0.138. The second-order valence-electron chi connectivity index (χ2n) is 8.19. The maximum Gasteiger partial charge on any atom is 0.243 e. The Labute approximate surface area is 185 Å². The van der Waals surface area contributed by atoms with E-state index in [9.17, 15) is 13.2 Å². The second-order valence-corrected chi connectivity index (χ2v) is 10.1. The summed E-state index contributed by atoms with van der Waals surface area (Å²) < 4.78 is 33.0. The fourth-order valence-electron chi connectivity index (χ4n) is 4.10. The zero-order valence-corrected chi connectivity index (χ0v) is 19.4. The third kappa shape index (κ3) is 5.73. The number of carbonyl (C=O) groups excluding carboxylic acids is 1. The number of benzene rings is 2. The molecule has 3 rings (SSSR count). The summed E-state index contributed by atoms with van der Waals surface area (Å²) in [7, 11) is -1.93. The van der Waals surface area contributed by atoms with Gasteiger partial charge in [-0.15, -0.1) is 0 Å². The lowest BCUT2D eigenvalue weighted by Crippen LogP contribution is -2.45. The fourth-order valence-corrected chi connectivity index (χ4v) is 5.78. The Bertz CT molecular complexity index is 984. The maximum absolute atomic E-state index is 13.2. The zero-order chi connectivity index (χ0) is 22.4. The van der Waals surface area contributed by atoms with Gasteiger partial charge in [0.1, 0.15) is 0 Å². The molecule has 0 aromatic heterocycles. The minimum absolute atomic E-state index is 0.0736. The molecule has 1 fully saturated rings. The molecule has 0 N–H and O–H groups in total. The van der Waals surface area contributed by atoms with Gasteiger partial charge in [-0.2, -0.15) is 4.31 Å². The SMILES string of the molecule is COCCN(Cc1ccccc1)C(=O)C1CCN(S(=O)(=O)c2ccc(C)cc2C)CC1. The van der Waals surface area contributed by atoms with Crippen LogP contribution in [0.1, 0.15) is 29.5 Å². The lowest BCUT2D eigenvalue weighted by atomic mass is 9.96. The molecule has 0 spiro atoms. The molecule has 0 aliphatic carbocycles. The maximum atomic E-state index is 13.2. The van der Waals surface area contributed by atoms with Gasteiger partial charge in [0.2, 0.25) is 15.9 Å². The third-order valence-corrected chi connectivity index (χ3v) is 7.90. The van der Waals surface area contributed by atoms with E-state index in [0.29, 0.717) is 50.5 Å². The number of aryl methyl sites for hydroxylation is 2. The molecule has 7 heteroatoms. The molecule has 2 aromatic carbocycles. The van der Waals surface area contributed by atoms with Gasteiger partial charge < -0.3 is 9.64 Å². The summed E-state index contributed by atoms with van der Waals surface area (Å²) in [5.41, 5.74) is 2.86. The van der Waals surface area contributed by atoms with Crippen molar-refractivity contribution in [1.82, 2.24) is 9.21 Å². The highest BCUT2D eigenvalue weighted by molar-refractivity contribution is 7.89. The van der Waals surface area contributed by atoms with Crippen LogP contribution in [-0.2, 0) is 26.1 Å². The fraction of sp³-hybridized carbons (Fsp3) is 0.458. The Morgan fingerprint density at radius 1 is 1.10 bits per heavy atom. The molecule has 31 heavy (non-hydrogen) atoms. The number of ether oxygens (including phenoxy) is 1. The van der Waals surface area contributed by atoms with Crippen LogP contribution in [0.5, 0.6) is 0 Å². The summed E-state index contributed by atoms with van der Waals surface area (Å²) in [5.74, 6) is -0.101. The van der Waals surface area contributed by atoms with Crippen LogP contribution in [0.2, 0.25) is 0 Å². The van der Waals surface area contributed by atoms with Gasteiger partial charge in [0.15, 0.2) is 0 Å². The number of carbonyl (C=O) groups is 1. The van der Waals surface area contributed by atoms with Crippen molar-refractivity contribution in [2.24, 2.45) is 5.92 Å². The summed E-state index contributed by atoms with van der Waals surface area (Å²) in [5, 5.41) is 0. The molecule has 1 amide bonds. The van der Waals surface area contributed by atoms with Crippen LogP contribution in [0.25, 0.3) is 0 Å². The van der Waals surface area contributed by atoms with Crippen molar-refractivity contribution in [2.45, 2.75) is 38.1 Å². The van der Waals surface area contributed by atoms with E-state index in [0.717, 1.165) is 16.7 Å². The third-order valence-electron chi connectivity index (χ3n) is 5.84. The van der Waals surface area contributed by atoms with E-state index >= 15 is 0 Å². The van der Waals surface area contributed by atoms with E-state index in [-0.39, 0.29) is 11.8 Å². The molecule has 168 valence electrons. The molecule has 0 saturated carbocycles. The first kappa shape index (κ1) is 23.4. The van der Waals surface area contributed by atoms with Gasteiger partial charge in [-0.25, -0.2) is 8.42 Å². The number of hydrogen-bond acceptors (Lipinski definition) is 4. The standard InChI is InChI=1S/C24H32N2O4S/c1-19-9-10-23(20(2)17-19)31(28,29)26-13-11-22(12-14-26)24(27)25(15-16-30-3)18-21-7-5-4-6-8-21/h4-10,17,22H,11-16,18H2,1-3H3. The predicted octanol–water partition coefficient (Wildman–Crippen LogP) is 3.38. The van der Waals surface area contributed by atoms with Crippen LogP contribution in [-0.4, -0.2) is 56.9 Å². The number of methoxy groups -OCH3 is 1. The molecule has 6 nitrogen and oxygen atoms in total. The normalized spacial score (nSPS) is 15.7. The van der Waals surface area contributed by atoms with Crippen LogP contribution < -0.4 is 0 Å². The topological polar surface area (TPSA) is 66.9 Å². The van der Waals surface area contributed by atoms with Gasteiger partial charge in [0.05, 0.1) is 11.5 Å². The van der Waals surface area contributed by atoms with Crippen molar-refractivity contribution in [3.05, 3.63) is 65.2 Å². The molecule has 1 aliphatic heterocycles. The van der Waals surface area contributed by atoms with Crippen LogP contribution in [0, 0.1) is 19.8 Å². The number of piperidine rings is 1. The van der Waals surface area contributed by atoms with Crippen LogP contribution in [0.4, 0.5) is 0 Å². The van der Waals surface area contributed by atoms with Crippen LogP contribution in [0.15, 0.2) is 53.4 Å². The molecule has 0 radical (unpaired) electrons. The van der Waals surface area contributed by atoms with E-state index in [1.165, 1.54) is 4.31 Å². The minimum Gasteiger partial charge on any atom is -0.383 e. The summed E-state index contributed by atoms with van der Waals surface area (Å²) in [6.07, 6.45) is 1.06. The summed E-state index contributed by atoms with van der Waals surface area (Å²) in [6.45, 7) is 6.01. The molecule has 2 aromatic rings. The van der Waals surface area contributed by atoms with E-state index in [2.05, 4.69) is 0 Å². The quantitative estimate of drug-likeness (QED) is 0.626. The zero-order valence-electron chi connectivity index (χ0n) is 18.6. The van der Waals surface area contributed by atoms with E-state index in [1.807, 2.05) is 61.2 Å². The van der Waals surface area contributed by atoms with Gasteiger partial charge >= 0.3 is 0 Å². The molecule has 1 saturated heterocycles.